The smallest absolute Gasteiger partial charge is 0.152 e. The van der Waals surface area contributed by atoms with E-state index < -0.39 is 0 Å². The summed E-state index contributed by atoms with van der Waals surface area (Å²) in [6.45, 7) is 13.1. The van der Waals surface area contributed by atoms with E-state index in [1.165, 1.54) is 0 Å². The highest BCUT2D eigenvalue weighted by Crippen LogP contribution is 2.18. The number of carbonyl (C=O) groups is 1. The first kappa shape index (κ1) is 13.7. The number of hydrogen-bond acceptors (Lipinski definition) is 3. The van der Waals surface area contributed by atoms with Crippen molar-refractivity contribution >= 4 is 5.78 Å². The van der Waals surface area contributed by atoms with E-state index in [2.05, 4.69) is 30.7 Å². The Hall–Kier alpha value is -0.410. The third-order valence-corrected chi connectivity index (χ3v) is 3.64. The molecule has 0 saturated carbocycles. The van der Waals surface area contributed by atoms with Crippen LogP contribution in [-0.4, -0.2) is 54.3 Å². The Kier molecular flexibility index (Phi) is 4.13. The van der Waals surface area contributed by atoms with Crippen LogP contribution in [0.15, 0.2) is 0 Å². The Morgan fingerprint density at radius 1 is 1.19 bits per heavy atom. The minimum atomic E-state index is -0.212. The van der Waals surface area contributed by atoms with Crippen LogP contribution in [0.3, 0.4) is 0 Å². The van der Waals surface area contributed by atoms with Gasteiger partial charge in [0.2, 0.25) is 0 Å². The molecule has 1 fully saturated rings. The molecule has 0 radical (unpaired) electrons. The van der Waals surface area contributed by atoms with Gasteiger partial charge in [-0.05, 0) is 20.9 Å². The quantitative estimate of drug-likeness (QED) is 0.715. The zero-order valence-electron chi connectivity index (χ0n) is 11.6. The molecular formula is C13H26N2O. The van der Waals surface area contributed by atoms with E-state index in [1.807, 2.05) is 20.8 Å². The number of hydrogen-bond donors (Lipinski definition) is 0. The number of likely N-dealkylation sites (N-methyl/N-ethyl adjacent to an activating group) is 1. The van der Waals surface area contributed by atoms with Crippen LogP contribution in [0.25, 0.3) is 0 Å². The van der Waals surface area contributed by atoms with Crippen molar-refractivity contribution in [3.63, 3.8) is 0 Å². The highest BCUT2D eigenvalue weighted by molar-refractivity contribution is 5.85. The number of rotatable bonds is 2. The largest absolute Gasteiger partial charge is 0.298 e. The number of piperazine rings is 1. The molecule has 0 aliphatic carbocycles. The molecule has 1 saturated heterocycles. The summed E-state index contributed by atoms with van der Waals surface area (Å²) in [5.74, 6) is 0.344. The summed E-state index contributed by atoms with van der Waals surface area (Å²) in [5, 5.41) is 0. The lowest BCUT2D eigenvalue weighted by Crippen LogP contribution is -2.56. The van der Waals surface area contributed by atoms with E-state index in [4.69, 9.17) is 0 Å². The molecule has 3 heteroatoms. The van der Waals surface area contributed by atoms with E-state index in [9.17, 15) is 4.79 Å². The summed E-state index contributed by atoms with van der Waals surface area (Å²) >= 11 is 0. The molecule has 3 nitrogen and oxygen atoms in total. The minimum absolute atomic E-state index is 0.212. The second-order valence-electron chi connectivity index (χ2n) is 6.23. The van der Waals surface area contributed by atoms with Crippen molar-refractivity contribution in [1.82, 2.24) is 9.80 Å². The first-order chi connectivity index (χ1) is 7.21. The van der Waals surface area contributed by atoms with Crippen LogP contribution >= 0.6 is 0 Å². The zero-order valence-corrected chi connectivity index (χ0v) is 11.6. The maximum Gasteiger partial charge on any atom is 0.152 e. The highest BCUT2D eigenvalue weighted by Gasteiger charge is 2.30. The second-order valence-corrected chi connectivity index (χ2v) is 6.23. The summed E-state index contributed by atoms with van der Waals surface area (Å²) in [6, 6.07) is 1.08. The first-order valence-electron chi connectivity index (χ1n) is 6.19. The van der Waals surface area contributed by atoms with Crippen LogP contribution in [0.4, 0.5) is 0 Å². The van der Waals surface area contributed by atoms with Crippen LogP contribution in [0, 0.1) is 5.41 Å². The Labute approximate surface area is 99.8 Å². The molecule has 2 unspecified atom stereocenters. The molecule has 0 aromatic rings. The van der Waals surface area contributed by atoms with E-state index >= 15 is 0 Å². The van der Waals surface area contributed by atoms with Gasteiger partial charge in [0, 0.05) is 30.6 Å². The average Bonchev–Trinajstić information content (AvgIpc) is 2.12. The first-order valence-corrected chi connectivity index (χ1v) is 6.19. The molecular weight excluding hydrogens is 200 g/mol. The lowest BCUT2D eigenvalue weighted by atomic mass is 9.90. The molecule has 0 N–H and O–H groups in total. The van der Waals surface area contributed by atoms with Gasteiger partial charge in [-0.15, -0.1) is 0 Å². The number of carbonyl (C=O) groups excluding carboxylic acids is 1. The molecule has 0 bridgehead atoms. The fourth-order valence-electron chi connectivity index (χ4n) is 2.08. The summed E-state index contributed by atoms with van der Waals surface area (Å²) < 4.78 is 0. The van der Waals surface area contributed by atoms with Gasteiger partial charge in [-0.1, -0.05) is 20.8 Å². The number of Topliss-reactive ketones (excluding diaryl/α,β-unsaturated/α-hetero) is 1. The molecule has 1 aliphatic rings. The lowest BCUT2D eigenvalue weighted by Gasteiger charge is -2.42. The van der Waals surface area contributed by atoms with Gasteiger partial charge in [0.1, 0.15) is 0 Å². The third kappa shape index (κ3) is 3.29. The summed E-state index contributed by atoms with van der Waals surface area (Å²) in [7, 11) is 2.16. The zero-order chi connectivity index (χ0) is 12.5. The molecule has 94 valence electrons. The van der Waals surface area contributed by atoms with Crippen molar-refractivity contribution in [2.24, 2.45) is 5.41 Å². The van der Waals surface area contributed by atoms with Crippen molar-refractivity contribution in [1.29, 1.82) is 0 Å². The van der Waals surface area contributed by atoms with Crippen molar-refractivity contribution < 1.29 is 4.79 Å². The molecule has 16 heavy (non-hydrogen) atoms. The van der Waals surface area contributed by atoms with Crippen LogP contribution in [0.1, 0.15) is 34.6 Å². The monoisotopic (exact) mass is 226 g/mol. The van der Waals surface area contributed by atoms with Gasteiger partial charge >= 0.3 is 0 Å². The summed E-state index contributed by atoms with van der Waals surface area (Å²) in [4.78, 5) is 16.7. The predicted octanol–water partition coefficient (Wildman–Crippen LogP) is 1.63. The van der Waals surface area contributed by atoms with Gasteiger partial charge in [-0.25, -0.2) is 0 Å². The Morgan fingerprint density at radius 3 is 2.00 bits per heavy atom. The minimum Gasteiger partial charge on any atom is -0.298 e. The van der Waals surface area contributed by atoms with Crippen molar-refractivity contribution in [2.75, 3.05) is 26.7 Å². The number of ketones is 1. The summed E-state index contributed by atoms with van der Waals surface area (Å²) in [6.07, 6.45) is 0. The fourth-order valence-corrected chi connectivity index (χ4v) is 2.08. The third-order valence-electron chi connectivity index (χ3n) is 3.64. The maximum atomic E-state index is 12.0. The summed E-state index contributed by atoms with van der Waals surface area (Å²) in [5.41, 5.74) is -0.212. The van der Waals surface area contributed by atoms with Crippen LogP contribution in [-0.2, 0) is 4.79 Å². The molecule has 0 aromatic carbocycles. The average molecular weight is 226 g/mol. The normalized spacial score (nSPS) is 29.4. The van der Waals surface area contributed by atoms with Gasteiger partial charge in [-0.3, -0.25) is 14.6 Å². The van der Waals surface area contributed by atoms with E-state index in [0.717, 1.165) is 13.1 Å². The van der Waals surface area contributed by atoms with Gasteiger partial charge in [-0.2, -0.15) is 0 Å². The maximum absolute atomic E-state index is 12.0. The van der Waals surface area contributed by atoms with Crippen molar-refractivity contribution in [3.05, 3.63) is 0 Å². The van der Waals surface area contributed by atoms with Crippen molar-refractivity contribution in [3.8, 4) is 0 Å². The highest BCUT2D eigenvalue weighted by atomic mass is 16.1. The topological polar surface area (TPSA) is 23.6 Å². The molecule has 0 amide bonds. The van der Waals surface area contributed by atoms with E-state index in [1.54, 1.807) is 0 Å². The van der Waals surface area contributed by atoms with Crippen molar-refractivity contribution in [2.45, 2.75) is 46.7 Å². The fraction of sp³-hybridized carbons (Fsp3) is 0.923. The van der Waals surface area contributed by atoms with Crippen LogP contribution < -0.4 is 0 Å². The molecule has 1 heterocycles. The van der Waals surface area contributed by atoms with Gasteiger partial charge in [0.15, 0.2) is 5.78 Å². The Bertz CT molecular complexity index is 245. The SMILES string of the molecule is CC1CN(CC(=O)C(C)(C)C)CC(C)N1C. The molecule has 1 aliphatic heterocycles. The van der Waals surface area contributed by atoms with Gasteiger partial charge in [0.05, 0.1) is 6.54 Å². The Morgan fingerprint density at radius 2 is 1.62 bits per heavy atom. The number of nitrogens with zero attached hydrogens (tertiary/aromatic N) is 2. The van der Waals surface area contributed by atoms with Crippen LogP contribution in [0.5, 0.6) is 0 Å². The van der Waals surface area contributed by atoms with Gasteiger partial charge in [0.25, 0.3) is 0 Å². The van der Waals surface area contributed by atoms with Gasteiger partial charge < -0.3 is 0 Å². The lowest BCUT2D eigenvalue weighted by molar-refractivity contribution is -0.128. The standard InChI is InChI=1S/C13H26N2O/c1-10-7-15(8-11(2)14(10)6)9-12(16)13(3,4)5/h10-11H,7-9H2,1-6H3. The predicted molar refractivity (Wildman–Crippen MR) is 67.6 cm³/mol. The molecule has 2 atom stereocenters. The van der Waals surface area contributed by atoms with Crippen LogP contribution in [0.2, 0.25) is 0 Å². The molecule has 1 rings (SSSR count). The second kappa shape index (κ2) is 4.84. The van der Waals surface area contributed by atoms with E-state index in [-0.39, 0.29) is 5.41 Å². The Balaban J connectivity index is 2.54. The molecule has 0 spiro atoms. The van der Waals surface area contributed by atoms with E-state index in [0.29, 0.717) is 24.4 Å². The molecule has 0 aromatic heterocycles.